The minimum atomic E-state index is 0.460. The maximum Gasteiger partial charge on any atom is 0.146 e. The molecule has 0 unspecified atom stereocenters. The molecule has 0 radical (unpaired) electrons. The van der Waals surface area contributed by atoms with Crippen LogP contribution in [0.15, 0.2) is 30.3 Å². The second-order valence-corrected chi connectivity index (χ2v) is 5.23. The van der Waals surface area contributed by atoms with E-state index in [1.54, 1.807) is 6.07 Å². The van der Waals surface area contributed by atoms with E-state index in [1.165, 1.54) is 0 Å². The van der Waals surface area contributed by atoms with Crippen molar-refractivity contribution in [2.75, 3.05) is 39.6 Å². The highest BCUT2D eigenvalue weighted by atomic mass is 35.5. The second kappa shape index (κ2) is 9.60. The molecule has 5 heteroatoms. The van der Waals surface area contributed by atoms with Crippen LogP contribution in [-0.2, 0) is 9.47 Å². The van der Waals surface area contributed by atoms with Crippen molar-refractivity contribution in [2.45, 2.75) is 13.8 Å². The summed E-state index contributed by atoms with van der Waals surface area (Å²) in [5.41, 5.74) is 0. The molecule has 4 nitrogen and oxygen atoms in total. The first-order chi connectivity index (χ1) is 11.3. The predicted octanol–water partition coefficient (Wildman–Crippen LogP) is 4.32. The number of hydrogen-bond acceptors (Lipinski definition) is 4. The van der Waals surface area contributed by atoms with Crippen molar-refractivity contribution in [3.63, 3.8) is 0 Å². The van der Waals surface area contributed by atoms with Gasteiger partial charge in [0.1, 0.15) is 24.7 Å². The number of hydrogen-bond donors (Lipinski definition) is 0. The summed E-state index contributed by atoms with van der Waals surface area (Å²) >= 11 is 6.38. The molecule has 0 aliphatic carbocycles. The van der Waals surface area contributed by atoms with Gasteiger partial charge in [0.25, 0.3) is 0 Å². The molecule has 0 atom stereocenters. The Kier molecular flexibility index (Phi) is 7.46. The highest BCUT2D eigenvalue weighted by molar-refractivity contribution is 6.33. The Morgan fingerprint density at radius 3 is 2.09 bits per heavy atom. The number of ether oxygens (including phenoxy) is 4. The molecule has 2 aromatic carbocycles. The van der Waals surface area contributed by atoms with Gasteiger partial charge in [0, 0.05) is 30.1 Å². The smallest absolute Gasteiger partial charge is 0.146 e. The average molecular weight is 339 g/mol. The average Bonchev–Trinajstić information content (AvgIpc) is 2.57. The first-order valence-electron chi connectivity index (χ1n) is 7.90. The van der Waals surface area contributed by atoms with Gasteiger partial charge in [-0.2, -0.15) is 0 Å². The Labute approximate surface area is 142 Å². The quantitative estimate of drug-likeness (QED) is 0.604. The molecule has 2 aromatic rings. The fourth-order valence-corrected chi connectivity index (χ4v) is 2.51. The maximum atomic E-state index is 6.38. The van der Waals surface area contributed by atoms with Crippen molar-refractivity contribution in [1.29, 1.82) is 0 Å². The minimum Gasteiger partial charge on any atom is -0.490 e. The van der Waals surface area contributed by atoms with Gasteiger partial charge in [-0.05, 0) is 13.8 Å². The molecule has 0 heterocycles. The van der Waals surface area contributed by atoms with Gasteiger partial charge in [0.15, 0.2) is 0 Å². The summed E-state index contributed by atoms with van der Waals surface area (Å²) in [5.74, 6) is 1.40. The third-order valence-corrected chi connectivity index (χ3v) is 3.56. The van der Waals surface area contributed by atoms with Crippen LogP contribution in [-0.4, -0.2) is 39.6 Å². The summed E-state index contributed by atoms with van der Waals surface area (Å²) in [4.78, 5) is 0. The molecule has 126 valence electrons. The largest absolute Gasteiger partial charge is 0.490 e. The number of benzene rings is 2. The lowest BCUT2D eigenvalue weighted by atomic mass is 10.1. The van der Waals surface area contributed by atoms with E-state index < -0.39 is 0 Å². The molecule has 0 aliphatic heterocycles. The summed E-state index contributed by atoms with van der Waals surface area (Å²) in [6.45, 7) is 7.29. The predicted molar refractivity (Wildman–Crippen MR) is 92.9 cm³/mol. The first-order valence-corrected chi connectivity index (χ1v) is 8.28. The Bertz CT molecular complexity index is 615. The van der Waals surface area contributed by atoms with Crippen molar-refractivity contribution in [3.05, 3.63) is 35.4 Å². The molecule has 2 rings (SSSR count). The zero-order chi connectivity index (χ0) is 16.5. The van der Waals surface area contributed by atoms with E-state index in [9.17, 15) is 0 Å². The topological polar surface area (TPSA) is 36.9 Å². The van der Waals surface area contributed by atoms with Crippen molar-refractivity contribution >= 4 is 22.4 Å². The summed E-state index contributed by atoms with van der Waals surface area (Å²) in [6.07, 6.45) is 0. The molecule has 0 saturated carbocycles. The zero-order valence-electron chi connectivity index (χ0n) is 13.6. The molecule has 0 fully saturated rings. The van der Waals surface area contributed by atoms with E-state index >= 15 is 0 Å². The standard InChI is InChI=1S/C18H23ClO4/c1-3-20-9-11-22-17-13-16(19)18(23-12-10-21-4-2)15-8-6-5-7-14(15)17/h5-8,13H,3-4,9-12H2,1-2H3. The number of fused-ring (bicyclic) bond motifs is 1. The van der Waals surface area contributed by atoms with E-state index in [0.29, 0.717) is 50.4 Å². The van der Waals surface area contributed by atoms with Crippen LogP contribution in [0.4, 0.5) is 0 Å². The van der Waals surface area contributed by atoms with E-state index in [-0.39, 0.29) is 0 Å². The van der Waals surface area contributed by atoms with Crippen molar-refractivity contribution < 1.29 is 18.9 Å². The first kappa shape index (κ1) is 17.9. The fourth-order valence-electron chi connectivity index (χ4n) is 2.25. The molecular weight excluding hydrogens is 316 g/mol. The van der Waals surface area contributed by atoms with Crippen LogP contribution < -0.4 is 9.47 Å². The van der Waals surface area contributed by atoms with Crippen LogP contribution in [0, 0.1) is 0 Å². The van der Waals surface area contributed by atoms with E-state index in [0.717, 1.165) is 16.5 Å². The molecule has 0 aliphatic rings. The molecule has 23 heavy (non-hydrogen) atoms. The van der Waals surface area contributed by atoms with Gasteiger partial charge >= 0.3 is 0 Å². The summed E-state index contributed by atoms with van der Waals surface area (Å²) in [6, 6.07) is 9.70. The van der Waals surface area contributed by atoms with Crippen molar-refractivity contribution in [2.24, 2.45) is 0 Å². The van der Waals surface area contributed by atoms with Gasteiger partial charge in [-0.1, -0.05) is 35.9 Å². The van der Waals surface area contributed by atoms with Crippen LogP contribution in [0.25, 0.3) is 10.8 Å². The van der Waals surface area contributed by atoms with Gasteiger partial charge in [0.05, 0.1) is 18.2 Å². The number of rotatable bonds is 10. The Balaban J connectivity index is 2.19. The Morgan fingerprint density at radius 1 is 0.826 bits per heavy atom. The molecule has 0 bridgehead atoms. The molecule has 0 amide bonds. The summed E-state index contributed by atoms with van der Waals surface area (Å²) < 4.78 is 22.2. The van der Waals surface area contributed by atoms with Crippen LogP contribution in [0.2, 0.25) is 5.02 Å². The third-order valence-electron chi connectivity index (χ3n) is 3.28. The van der Waals surface area contributed by atoms with E-state index in [4.69, 9.17) is 30.5 Å². The number of halogens is 1. The van der Waals surface area contributed by atoms with Crippen molar-refractivity contribution in [1.82, 2.24) is 0 Å². The van der Waals surface area contributed by atoms with Crippen LogP contribution in [0.5, 0.6) is 11.5 Å². The molecule has 0 saturated heterocycles. The normalized spacial score (nSPS) is 10.9. The Hall–Kier alpha value is -1.49. The molecule has 0 N–H and O–H groups in total. The highest BCUT2D eigenvalue weighted by Gasteiger charge is 2.13. The SMILES string of the molecule is CCOCCOc1cc(Cl)c(OCCOCC)c2ccccc12. The van der Waals surface area contributed by atoms with E-state index in [2.05, 4.69) is 0 Å². The molecule has 0 spiro atoms. The maximum absolute atomic E-state index is 6.38. The lowest BCUT2D eigenvalue weighted by molar-refractivity contribution is 0.109. The van der Waals surface area contributed by atoms with Crippen molar-refractivity contribution in [3.8, 4) is 11.5 Å². The van der Waals surface area contributed by atoms with Gasteiger partial charge < -0.3 is 18.9 Å². The van der Waals surface area contributed by atoms with E-state index in [1.807, 2.05) is 38.1 Å². The Morgan fingerprint density at radius 2 is 1.43 bits per heavy atom. The monoisotopic (exact) mass is 338 g/mol. The van der Waals surface area contributed by atoms with Gasteiger partial charge in [0.2, 0.25) is 0 Å². The van der Waals surface area contributed by atoms with Gasteiger partial charge in [-0.15, -0.1) is 0 Å². The minimum absolute atomic E-state index is 0.460. The lowest BCUT2D eigenvalue weighted by Gasteiger charge is -2.15. The van der Waals surface area contributed by atoms with Gasteiger partial charge in [-0.25, -0.2) is 0 Å². The zero-order valence-corrected chi connectivity index (χ0v) is 14.4. The fraction of sp³-hybridized carbons (Fsp3) is 0.444. The molecule has 0 aromatic heterocycles. The second-order valence-electron chi connectivity index (χ2n) is 4.82. The highest BCUT2D eigenvalue weighted by Crippen LogP contribution is 2.39. The third kappa shape index (κ3) is 4.99. The molecular formula is C18H23ClO4. The lowest BCUT2D eigenvalue weighted by Crippen LogP contribution is -2.08. The van der Waals surface area contributed by atoms with Gasteiger partial charge in [-0.3, -0.25) is 0 Å². The van der Waals surface area contributed by atoms with Crippen LogP contribution >= 0.6 is 11.6 Å². The summed E-state index contributed by atoms with van der Waals surface area (Å²) in [5, 5.41) is 2.44. The van der Waals surface area contributed by atoms with Crippen LogP contribution in [0.3, 0.4) is 0 Å². The van der Waals surface area contributed by atoms with Crippen LogP contribution in [0.1, 0.15) is 13.8 Å². The summed E-state index contributed by atoms with van der Waals surface area (Å²) in [7, 11) is 0.